The van der Waals surface area contributed by atoms with E-state index < -0.39 is 0 Å². The average Bonchev–Trinajstić information content (AvgIpc) is 3.68. The highest BCUT2D eigenvalue weighted by Crippen LogP contribution is 2.40. The predicted octanol–water partition coefficient (Wildman–Crippen LogP) is 12.1. The fourth-order valence-corrected chi connectivity index (χ4v) is 7.84. The largest absolute Gasteiger partial charge is 0.291 e. The molecule has 0 spiro atoms. The zero-order chi connectivity index (χ0) is 32.1. The van der Waals surface area contributed by atoms with E-state index in [1.165, 1.54) is 71.2 Å². The number of fused-ring (bicyclic) bond motifs is 9. The van der Waals surface area contributed by atoms with Crippen molar-refractivity contribution in [2.75, 3.05) is 0 Å². The number of hydrogen-bond acceptors (Lipinski definition) is 2. The maximum Gasteiger partial charge on any atom is 0.165 e. The van der Waals surface area contributed by atoms with Gasteiger partial charge in [-0.05, 0) is 103 Å². The first-order valence-corrected chi connectivity index (χ1v) is 16.7. The van der Waals surface area contributed by atoms with Crippen LogP contribution in [0.4, 0.5) is 0 Å². The number of aromatic nitrogens is 3. The van der Waals surface area contributed by atoms with Gasteiger partial charge in [0.15, 0.2) is 5.65 Å². The van der Waals surface area contributed by atoms with E-state index in [0.717, 1.165) is 33.1 Å². The maximum absolute atomic E-state index is 5.10. The van der Waals surface area contributed by atoms with Crippen LogP contribution in [-0.4, -0.2) is 14.4 Å². The number of para-hydroxylation sites is 3. The van der Waals surface area contributed by atoms with Crippen molar-refractivity contribution in [1.29, 1.82) is 0 Å². The van der Waals surface area contributed by atoms with E-state index in [-0.39, 0.29) is 0 Å². The van der Waals surface area contributed by atoms with E-state index in [1.807, 2.05) is 24.3 Å². The molecule has 0 saturated carbocycles. The Morgan fingerprint density at radius 1 is 0.347 bits per heavy atom. The molecule has 8 aromatic carbocycles. The summed E-state index contributed by atoms with van der Waals surface area (Å²) < 4.78 is 2.30. The van der Waals surface area contributed by atoms with Gasteiger partial charge in [0.1, 0.15) is 5.52 Å². The molecule has 0 bridgehead atoms. The molecule has 0 fully saturated rings. The molecule has 0 saturated heterocycles. The molecule has 0 atom stereocenters. The van der Waals surface area contributed by atoms with Crippen LogP contribution < -0.4 is 0 Å². The number of benzene rings is 8. The summed E-state index contributed by atoms with van der Waals surface area (Å²) in [6.45, 7) is 0. The van der Waals surface area contributed by atoms with Crippen molar-refractivity contribution in [3.05, 3.63) is 164 Å². The first-order valence-electron chi connectivity index (χ1n) is 16.7. The van der Waals surface area contributed by atoms with Crippen LogP contribution in [0.25, 0.3) is 104 Å². The Hall–Kier alpha value is -6.58. The Morgan fingerprint density at radius 3 is 1.61 bits per heavy atom. The summed E-state index contributed by atoms with van der Waals surface area (Å²) in [5.41, 5.74) is 13.4. The molecule has 0 N–H and O–H groups in total. The van der Waals surface area contributed by atoms with Crippen LogP contribution >= 0.6 is 0 Å². The highest BCUT2D eigenvalue weighted by Gasteiger charge is 2.20. The van der Waals surface area contributed by atoms with Gasteiger partial charge < -0.3 is 0 Å². The van der Waals surface area contributed by atoms with E-state index in [2.05, 4.69) is 144 Å². The van der Waals surface area contributed by atoms with Crippen molar-refractivity contribution >= 4 is 70.9 Å². The summed E-state index contributed by atoms with van der Waals surface area (Å²) in [4.78, 5) is 10.1. The van der Waals surface area contributed by atoms with Gasteiger partial charge in [0.05, 0.1) is 22.1 Å². The van der Waals surface area contributed by atoms with E-state index in [0.29, 0.717) is 0 Å². The quantitative estimate of drug-likeness (QED) is 0.196. The van der Waals surface area contributed by atoms with Crippen molar-refractivity contribution in [2.45, 2.75) is 0 Å². The highest BCUT2D eigenvalue weighted by molar-refractivity contribution is 6.22. The van der Waals surface area contributed by atoms with Gasteiger partial charge in [0.25, 0.3) is 0 Å². The molecule has 226 valence electrons. The normalized spacial score (nSPS) is 12.1. The van der Waals surface area contributed by atoms with E-state index >= 15 is 0 Å². The second kappa shape index (κ2) is 9.96. The average molecular weight is 622 g/mol. The minimum absolute atomic E-state index is 0.912. The standard InChI is InChI=1S/C46H27N3/c1-2-8-29-23-33(16-15-28(29)7-1)35-20-19-34-25-32(17-18-36(34)26-35)30-9-5-10-31(24-30)37-21-22-43-40(27-37)38-11-6-12-39-44-46(49(43)45(38)39)48-42-14-4-3-13-41(42)47-44/h1-27H. The monoisotopic (exact) mass is 621 g/mol. The molecule has 49 heavy (non-hydrogen) atoms. The first kappa shape index (κ1) is 26.5. The van der Waals surface area contributed by atoms with Crippen molar-refractivity contribution < 1.29 is 0 Å². The summed E-state index contributed by atoms with van der Waals surface area (Å²) in [6.07, 6.45) is 0. The van der Waals surface area contributed by atoms with Gasteiger partial charge in [-0.2, -0.15) is 0 Å². The fraction of sp³-hybridized carbons (Fsp3) is 0. The lowest BCUT2D eigenvalue weighted by molar-refractivity contribution is 1.28. The van der Waals surface area contributed by atoms with E-state index in [1.54, 1.807) is 0 Å². The van der Waals surface area contributed by atoms with Crippen LogP contribution in [0.1, 0.15) is 0 Å². The summed E-state index contributed by atoms with van der Waals surface area (Å²) in [6, 6.07) is 59.3. The number of hydrogen-bond donors (Lipinski definition) is 0. The van der Waals surface area contributed by atoms with Gasteiger partial charge in [0.2, 0.25) is 0 Å². The Morgan fingerprint density at radius 2 is 0.878 bits per heavy atom. The molecule has 3 heteroatoms. The third kappa shape index (κ3) is 3.96. The minimum atomic E-state index is 0.912. The van der Waals surface area contributed by atoms with E-state index in [9.17, 15) is 0 Å². The fourth-order valence-electron chi connectivity index (χ4n) is 7.84. The minimum Gasteiger partial charge on any atom is -0.291 e. The second-order valence-electron chi connectivity index (χ2n) is 13.1. The molecule has 0 aliphatic heterocycles. The van der Waals surface area contributed by atoms with Crippen LogP contribution in [0, 0.1) is 0 Å². The smallest absolute Gasteiger partial charge is 0.165 e. The maximum atomic E-state index is 5.10. The molecular formula is C46H27N3. The first-order chi connectivity index (χ1) is 24.2. The van der Waals surface area contributed by atoms with Gasteiger partial charge in [-0.25, -0.2) is 9.97 Å². The van der Waals surface area contributed by atoms with Crippen LogP contribution in [0.15, 0.2) is 164 Å². The van der Waals surface area contributed by atoms with Gasteiger partial charge >= 0.3 is 0 Å². The lowest BCUT2D eigenvalue weighted by Gasteiger charge is -2.10. The van der Waals surface area contributed by atoms with Crippen LogP contribution in [-0.2, 0) is 0 Å². The zero-order valence-corrected chi connectivity index (χ0v) is 26.4. The molecule has 11 rings (SSSR count). The Labute approximate surface area is 281 Å². The van der Waals surface area contributed by atoms with Crippen molar-refractivity contribution in [2.24, 2.45) is 0 Å². The Kier molecular flexibility index (Phi) is 5.38. The molecule has 0 aliphatic rings. The topological polar surface area (TPSA) is 30.2 Å². The lowest BCUT2D eigenvalue weighted by Crippen LogP contribution is -1.89. The summed E-state index contributed by atoms with van der Waals surface area (Å²) in [5, 5.41) is 8.62. The van der Waals surface area contributed by atoms with Crippen LogP contribution in [0.5, 0.6) is 0 Å². The molecule has 0 unspecified atom stereocenters. The van der Waals surface area contributed by atoms with Gasteiger partial charge in [-0.15, -0.1) is 0 Å². The molecule has 3 aromatic heterocycles. The third-order valence-electron chi connectivity index (χ3n) is 10.3. The Balaban J connectivity index is 0.989. The van der Waals surface area contributed by atoms with Crippen molar-refractivity contribution in [3.63, 3.8) is 0 Å². The molecule has 0 aliphatic carbocycles. The molecule has 0 radical (unpaired) electrons. The molecular weight excluding hydrogens is 595 g/mol. The Bertz CT molecular complexity index is 3110. The SMILES string of the molecule is c1cc(-c2ccc3cc(-c4ccc5ccccc5c4)ccc3c2)cc(-c2ccc3c(c2)c2cccc4c5nc6ccccc6nc5n3c24)c1. The molecule has 11 aromatic rings. The molecule has 0 amide bonds. The third-order valence-corrected chi connectivity index (χ3v) is 10.3. The predicted molar refractivity (Wildman–Crippen MR) is 206 cm³/mol. The van der Waals surface area contributed by atoms with Crippen molar-refractivity contribution in [3.8, 4) is 33.4 Å². The van der Waals surface area contributed by atoms with Gasteiger partial charge in [0, 0.05) is 16.2 Å². The van der Waals surface area contributed by atoms with E-state index in [4.69, 9.17) is 9.97 Å². The molecule has 3 heterocycles. The second-order valence-corrected chi connectivity index (χ2v) is 13.1. The summed E-state index contributed by atoms with van der Waals surface area (Å²) in [7, 11) is 0. The molecule has 3 nitrogen and oxygen atoms in total. The van der Waals surface area contributed by atoms with Crippen LogP contribution in [0.2, 0.25) is 0 Å². The zero-order valence-electron chi connectivity index (χ0n) is 26.4. The summed E-state index contributed by atoms with van der Waals surface area (Å²) in [5.74, 6) is 0. The number of rotatable bonds is 3. The highest BCUT2D eigenvalue weighted by atomic mass is 15.0. The van der Waals surface area contributed by atoms with Crippen molar-refractivity contribution in [1.82, 2.24) is 14.4 Å². The number of nitrogens with zero attached hydrogens (tertiary/aromatic N) is 3. The van der Waals surface area contributed by atoms with Gasteiger partial charge in [-0.3, -0.25) is 4.40 Å². The van der Waals surface area contributed by atoms with Gasteiger partial charge in [-0.1, -0.05) is 115 Å². The summed E-state index contributed by atoms with van der Waals surface area (Å²) >= 11 is 0. The lowest BCUT2D eigenvalue weighted by atomic mass is 9.95. The van der Waals surface area contributed by atoms with Crippen LogP contribution in [0.3, 0.4) is 0 Å².